The summed E-state index contributed by atoms with van der Waals surface area (Å²) < 4.78 is 10.3. The summed E-state index contributed by atoms with van der Waals surface area (Å²) >= 11 is 0. The zero-order chi connectivity index (χ0) is 17.1. The lowest BCUT2D eigenvalue weighted by molar-refractivity contribution is -0.154. The van der Waals surface area contributed by atoms with Gasteiger partial charge in [0.1, 0.15) is 5.69 Å². The van der Waals surface area contributed by atoms with Crippen LogP contribution >= 0.6 is 0 Å². The zero-order valence-electron chi connectivity index (χ0n) is 14.0. The van der Waals surface area contributed by atoms with Gasteiger partial charge in [-0.3, -0.25) is 9.59 Å². The van der Waals surface area contributed by atoms with Gasteiger partial charge in [-0.1, -0.05) is 17.3 Å². The van der Waals surface area contributed by atoms with Crippen molar-refractivity contribution in [2.24, 2.45) is 0 Å². The molecule has 1 amide bonds. The number of para-hydroxylation sites is 1. The molecular formula is C18H22N2O4. The van der Waals surface area contributed by atoms with Crippen LogP contribution in [0.15, 0.2) is 28.8 Å². The molecule has 6 nitrogen and oxygen atoms in total. The van der Waals surface area contributed by atoms with Crippen LogP contribution in [0.3, 0.4) is 0 Å². The number of nitrogens with zero attached hydrogens (tertiary/aromatic N) is 2. The Morgan fingerprint density at radius 1 is 1.25 bits per heavy atom. The number of hydrogen-bond donors (Lipinski definition) is 0. The summed E-state index contributed by atoms with van der Waals surface area (Å²) in [6, 6.07) is 7.72. The van der Waals surface area contributed by atoms with Gasteiger partial charge in [0, 0.05) is 17.5 Å². The summed E-state index contributed by atoms with van der Waals surface area (Å²) in [7, 11) is 0. The molecule has 1 saturated heterocycles. The minimum atomic E-state index is -0.472. The number of likely N-dealkylation sites (tertiary alicyclic amines) is 1. The van der Waals surface area contributed by atoms with Gasteiger partial charge >= 0.3 is 5.97 Å². The van der Waals surface area contributed by atoms with Crippen LogP contribution in [-0.4, -0.2) is 40.6 Å². The molecule has 3 rings (SSSR count). The summed E-state index contributed by atoms with van der Waals surface area (Å²) in [6.45, 7) is 3.86. The van der Waals surface area contributed by atoms with Crippen LogP contribution < -0.4 is 0 Å². The Morgan fingerprint density at radius 3 is 2.71 bits per heavy atom. The van der Waals surface area contributed by atoms with E-state index in [9.17, 15) is 9.59 Å². The van der Waals surface area contributed by atoms with Gasteiger partial charge in [-0.15, -0.1) is 0 Å². The summed E-state index contributed by atoms with van der Waals surface area (Å²) in [6.07, 6.45) is 3.12. The van der Waals surface area contributed by atoms with Crippen molar-refractivity contribution >= 4 is 22.8 Å². The lowest BCUT2D eigenvalue weighted by Gasteiger charge is -2.38. The Morgan fingerprint density at radius 2 is 1.96 bits per heavy atom. The third kappa shape index (κ3) is 3.42. The Hall–Kier alpha value is -2.37. The van der Waals surface area contributed by atoms with Crippen molar-refractivity contribution in [2.75, 3.05) is 6.61 Å². The number of amides is 1. The highest BCUT2D eigenvalue weighted by atomic mass is 16.5. The molecule has 0 radical (unpaired) electrons. The van der Waals surface area contributed by atoms with Gasteiger partial charge in [0.05, 0.1) is 6.42 Å². The highest BCUT2D eigenvalue weighted by Crippen LogP contribution is 2.22. The molecule has 0 N–H and O–H groups in total. The number of carbonyl (C=O) groups excluding carboxylic acids is 2. The largest absolute Gasteiger partial charge is 0.455 e. The van der Waals surface area contributed by atoms with Crippen LogP contribution in [0, 0.1) is 0 Å². The molecule has 0 bridgehead atoms. The molecule has 0 unspecified atom stereocenters. The van der Waals surface area contributed by atoms with Crippen molar-refractivity contribution in [1.29, 1.82) is 0 Å². The number of benzene rings is 1. The molecule has 0 spiro atoms. The van der Waals surface area contributed by atoms with Crippen LogP contribution in [0.2, 0.25) is 0 Å². The first-order chi connectivity index (χ1) is 11.6. The van der Waals surface area contributed by atoms with E-state index < -0.39 is 5.97 Å². The number of aromatic nitrogens is 1. The van der Waals surface area contributed by atoms with Crippen molar-refractivity contribution in [3.05, 3.63) is 30.0 Å². The van der Waals surface area contributed by atoms with Crippen LogP contribution in [-0.2, 0) is 20.7 Å². The maximum absolute atomic E-state index is 12.4. The molecule has 0 aliphatic carbocycles. The van der Waals surface area contributed by atoms with E-state index in [1.807, 2.05) is 36.9 Å². The number of fused-ring (bicyclic) bond motifs is 1. The second kappa shape index (κ2) is 7.03. The first-order valence-corrected chi connectivity index (χ1v) is 8.36. The average molecular weight is 330 g/mol. The minimum absolute atomic E-state index is 0.00456. The van der Waals surface area contributed by atoms with E-state index in [4.69, 9.17) is 9.26 Å². The summed E-state index contributed by atoms with van der Waals surface area (Å²) in [5.74, 6) is -0.604. The predicted molar refractivity (Wildman–Crippen MR) is 88.3 cm³/mol. The molecule has 1 aromatic carbocycles. The Bertz CT molecular complexity index is 729. The molecular weight excluding hydrogens is 308 g/mol. The summed E-state index contributed by atoms with van der Waals surface area (Å²) in [4.78, 5) is 26.2. The normalized spacial score (nSPS) is 21.0. The van der Waals surface area contributed by atoms with Crippen molar-refractivity contribution in [2.45, 2.75) is 51.6 Å². The molecule has 2 heterocycles. The van der Waals surface area contributed by atoms with Gasteiger partial charge in [-0.05, 0) is 45.2 Å². The van der Waals surface area contributed by atoms with Gasteiger partial charge in [-0.25, -0.2) is 0 Å². The lowest BCUT2D eigenvalue weighted by atomic mass is 9.97. The van der Waals surface area contributed by atoms with E-state index in [1.165, 1.54) is 0 Å². The predicted octanol–water partition coefficient (Wildman–Crippen LogP) is 2.70. The molecule has 6 heteroatoms. The van der Waals surface area contributed by atoms with E-state index in [-0.39, 0.29) is 31.0 Å². The van der Waals surface area contributed by atoms with E-state index in [2.05, 4.69) is 5.16 Å². The Balaban J connectivity index is 1.56. The first kappa shape index (κ1) is 16.5. The number of rotatable bonds is 4. The second-order valence-corrected chi connectivity index (χ2v) is 6.39. The molecule has 1 aliphatic rings. The first-order valence-electron chi connectivity index (χ1n) is 8.36. The average Bonchev–Trinajstić information content (AvgIpc) is 2.96. The van der Waals surface area contributed by atoms with Crippen LogP contribution in [0.25, 0.3) is 11.0 Å². The van der Waals surface area contributed by atoms with Crippen molar-refractivity contribution in [3.63, 3.8) is 0 Å². The monoisotopic (exact) mass is 330 g/mol. The lowest BCUT2D eigenvalue weighted by Crippen LogP contribution is -2.49. The maximum Gasteiger partial charge on any atom is 0.312 e. The number of ether oxygens (including phenoxy) is 1. The van der Waals surface area contributed by atoms with Crippen LogP contribution in [0.5, 0.6) is 0 Å². The fourth-order valence-corrected chi connectivity index (χ4v) is 3.38. The molecule has 24 heavy (non-hydrogen) atoms. The van der Waals surface area contributed by atoms with Crippen LogP contribution in [0.4, 0.5) is 0 Å². The fraction of sp³-hybridized carbons (Fsp3) is 0.500. The molecule has 1 fully saturated rings. The highest BCUT2D eigenvalue weighted by molar-refractivity contribution is 5.85. The highest BCUT2D eigenvalue weighted by Gasteiger charge is 2.29. The molecule has 128 valence electrons. The van der Waals surface area contributed by atoms with Crippen LogP contribution in [0.1, 0.15) is 38.8 Å². The molecule has 2 aromatic rings. The molecule has 1 aromatic heterocycles. The molecule has 1 aliphatic heterocycles. The standard InChI is InChI=1S/C18H22N2O4/c1-12-6-5-7-13(2)20(12)17(21)11-23-18(22)10-15-14-8-3-4-9-16(14)24-19-15/h3-4,8-9,12-13H,5-7,10-11H2,1-2H3/t12-,13+. The fourth-order valence-electron chi connectivity index (χ4n) is 3.38. The topological polar surface area (TPSA) is 72.6 Å². The number of hydrogen-bond acceptors (Lipinski definition) is 5. The molecule has 0 saturated carbocycles. The number of esters is 1. The Kier molecular flexibility index (Phi) is 4.83. The van der Waals surface area contributed by atoms with Crippen molar-refractivity contribution < 1.29 is 18.8 Å². The van der Waals surface area contributed by atoms with E-state index >= 15 is 0 Å². The van der Waals surface area contributed by atoms with Gasteiger partial charge in [0.2, 0.25) is 0 Å². The third-order valence-corrected chi connectivity index (χ3v) is 4.60. The quantitative estimate of drug-likeness (QED) is 0.806. The second-order valence-electron chi connectivity index (χ2n) is 6.39. The summed E-state index contributed by atoms with van der Waals surface area (Å²) in [5.41, 5.74) is 1.16. The molecule has 2 atom stereocenters. The zero-order valence-corrected chi connectivity index (χ0v) is 14.0. The maximum atomic E-state index is 12.4. The van der Waals surface area contributed by atoms with Gasteiger partial charge in [0.25, 0.3) is 5.91 Å². The number of carbonyl (C=O) groups is 2. The van der Waals surface area contributed by atoms with Gasteiger partial charge in [-0.2, -0.15) is 0 Å². The summed E-state index contributed by atoms with van der Waals surface area (Å²) in [5, 5.41) is 4.70. The van der Waals surface area contributed by atoms with Gasteiger partial charge < -0.3 is 14.2 Å². The minimum Gasteiger partial charge on any atom is -0.455 e. The Labute approximate surface area is 140 Å². The number of piperidine rings is 1. The third-order valence-electron chi connectivity index (χ3n) is 4.60. The van der Waals surface area contributed by atoms with Crippen molar-refractivity contribution in [3.8, 4) is 0 Å². The smallest absolute Gasteiger partial charge is 0.312 e. The van der Waals surface area contributed by atoms with Crippen molar-refractivity contribution in [1.82, 2.24) is 10.1 Å². The van der Waals surface area contributed by atoms with E-state index in [0.29, 0.717) is 11.3 Å². The van der Waals surface area contributed by atoms with Gasteiger partial charge in [0.15, 0.2) is 12.2 Å². The van der Waals surface area contributed by atoms with E-state index in [0.717, 1.165) is 24.6 Å². The van der Waals surface area contributed by atoms with E-state index in [1.54, 1.807) is 6.07 Å². The SMILES string of the molecule is C[C@@H]1CCC[C@H](C)N1C(=O)COC(=O)Cc1noc2ccccc12.